The number of carbonyl (C=O) groups excluding carboxylic acids is 1. The van der Waals surface area contributed by atoms with Gasteiger partial charge in [0, 0.05) is 0 Å². The van der Waals surface area contributed by atoms with E-state index in [9.17, 15) is 10.0 Å². The molecular weight excluding hydrogens is 136 g/mol. The van der Waals surface area contributed by atoms with Crippen LogP contribution in [0.1, 0.15) is 6.92 Å². The molecule has 0 bridgehead atoms. The van der Waals surface area contributed by atoms with Crippen LogP contribution in [0.15, 0.2) is 5.16 Å². The Morgan fingerprint density at radius 2 is 2.40 bits per heavy atom. The third kappa shape index (κ3) is 2.13. The van der Waals surface area contributed by atoms with Gasteiger partial charge in [-0.05, 0) is 12.1 Å². The van der Waals surface area contributed by atoms with Gasteiger partial charge in [-0.1, -0.05) is 0 Å². The van der Waals surface area contributed by atoms with Gasteiger partial charge in [-0.3, -0.25) is 0 Å². The van der Waals surface area contributed by atoms with Crippen LogP contribution in [0.2, 0.25) is 0 Å². The second-order valence-electron chi connectivity index (χ2n) is 1.27. The van der Waals surface area contributed by atoms with Gasteiger partial charge in [-0.15, -0.1) is 5.21 Å². The number of ether oxygens (including phenoxy) is 1. The number of esters is 1. The molecule has 1 radical (unpaired) electrons. The summed E-state index contributed by atoms with van der Waals surface area (Å²) in [4.78, 5) is 10.4. The summed E-state index contributed by atoms with van der Waals surface area (Å²) in [6.07, 6.45) is 0. The second-order valence-corrected chi connectivity index (χ2v) is 1.27. The first kappa shape index (κ1) is 8.43. The summed E-state index contributed by atoms with van der Waals surface area (Å²) in [6, 6.07) is 1.30. The largest absolute Gasteiger partial charge is 0.461 e. The molecule has 0 unspecified atom stereocenters. The van der Waals surface area contributed by atoms with Crippen molar-refractivity contribution in [2.24, 2.45) is 5.16 Å². The minimum atomic E-state index is -0.972. The molecule has 0 spiro atoms. The number of nitriles is 1. The van der Waals surface area contributed by atoms with E-state index in [4.69, 9.17) is 5.26 Å². The summed E-state index contributed by atoms with van der Waals surface area (Å²) in [7, 11) is 0. The maximum absolute atomic E-state index is 10.4. The van der Waals surface area contributed by atoms with Crippen molar-refractivity contribution in [1.82, 2.24) is 0 Å². The Kier molecular flexibility index (Phi) is 3.64. The SMILES string of the molecule is CCOC(=O)C(C#N)=N[O]. The van der Waals surface area contributed by atoms with Crippen LogP contribution in [-0.2, 0) is 14.7 Å². The highest BCUT2D eigenvalue weighted by Gasteiger charge is 2.11. The smallest absolute Gasteiger partial charge is 0.371 e. The topological polar surface area (TPSA) is 82.3 Å². The number of rotatable bonds is 2. The fourth-order valence-electron chi connectivity index (χ4n) is 0.303. The average Bonchev–Trinajstić information content (AvgIpc) is 1.91. The van der Waals surface area contributed by atoms with Crippen molar-refractivity contribution in [2.45, 2.75) is 6.92 Å². The molecule has 0 aromatic carbocycles. The molecule has 0 N–H and O–H groups in total. The van der Waals surface area contributed by atoms with Crippen molar-refractivity contribution < 1.29 is 14.7 Å². The molecule has 0 aromatic heterocycles. The molecule has 0 aromatic rings. The molecule has 0 aliphatic carbocycles. The predicted octanol–water partition coefficient (Wildman–Crippen LogP) is -0.140. The van der Waals surface area contributed by atoms with E-state index < -0.39 is 11.7 Å². The summed E-state index contributed by atoms with van der Waals surface area (Å²) in [5, 5.41) is 19.8. The maximum Gasteiger partial charge on any atom is 0.371 e. The van der Waals surface area contributed by atoms with Gasteiger partial charge in [0.05, 0.1) is 6.61 Å². The molecule has 0 heterocycles. The molecular formula is C5H5N2O3. The highest BCUT2D eigenvalue weighted by molar-refractivity contribution is 6.42. The van der Waals surface area contributed by atoms with Crippen LogP contribution in [-0.4, -0.2) is 18.3 Å². The van der Waals surface area contributed by atoms with E-state index in [0.29, 0.717) is 0 Å². The highest BCUT2D eigenvalue weighted by atomic mass is 16.5. The Morgan fingerprint density at radius 3 is 2.70 bits per heavy atom. The second kappa shape index (κ2) is 4.32. The van der Waals surface area contributed by atoms with Gasteiger partial charge in [-0.25, -0.2) is 4.79 Å². The van der Waals surface area contributed by atoms with Crippen molar-refractivity contribution >= 4 is 11.7 Å². The Bertz CT molecular complexity index is 192. The van der Waals surface area contributed by atoms with E-state index in [1.54, 1.807) is 6.92 Å². The van der Waals surface area contributed by atoms with E-state index in [0.717, 1.165) is 0 Å². The van der Waals surface area contributed by atoms with Crippen molar-refractivity contribution in [3.63, 3.8) is 0 Å². The number of hydrogen-bond acceptors (Lipinski definition) is 4. The first-order chi connectivity index (χ1) is 4.76. The maximum atomic E-state index is 10.4. The van der Waals surface area contributed by atoms with Gasteiger partial charge in [0.15, 0.2) is 0 Å². The van der Waals surface area contributed by atoms with Crippen LogP contribution in [0.5, 0.6) is 0 Å². The summed E-state index contributed by atoms with van der Waals surface area (Å²) >= 11 is 0. The molecule has 5 nitrogen and oxygen atoms in total. The van der Waals surface area contributed by atoms with Gasteiger partial charge in [0.25, 0.3) is 5.71 Å². The first-order valence-corrected chi connectivity index (χ1v) is 2.53. The quantitative estimate of drug-likeness (QED) is 0.305. The fraction of sp³-hybridized carbons (Fsp3) is 0.400. The summed E-state index contributed by atoms with van der Waals surface area (Å²) < 4.78 is 4.29. The molecule has 0 saturated carbocycles. The van der Waals surface area contributed by atoms with Gasteiger partial charge in [0.2, 0.25) is 0 Å². The first-order valence-electron chi connectivity index (χ1n) is 2.53. The highest BCUT2D eigenvalue weighted by Crippen LogP contribution is 1.82. The lowest BCUT2D eigenvalue weighted by Gasteiger charge is -1.93. The molecule has 5 heteroatoms. The Balaban J connectivity index is 4.08. The molecule has 0 aliphatic rings. The van der Waals surface area contributed by atoms with Crippen LogP contribution in [0.25, 0.3) is 0 Å². The van der Waals surface area contributed by atoms with Crippen LogP contribution >= 0.6 is 0 Å². The van der Waals surface area contributed by atoms with Crippen LogP contribution < -0.4 is 0 Å². The van der Waals surface area contributed by atoms with Crippen LogP contribution in [0.4, 0.5) is 0 Å². The van der Waals surface area contributed by atoms with Gasteiger partial charge >= 0.3 is 5.97 Å². The van der Waals surface area contributed by atoms with Gasteiger partial charge in [0.1, 0.15) is 6.07 Å². The van der Waals surface area contributed by atoms with Crippen molar-refractivity contribution in [3.8, 4) is 6.07 Å². The summed E-state index contributed by atoms with van der Waals surface area (Å²) in [5.74, 6) is -0.972. The van der Waals surface area contributed by atoms with Crippen LogP contribution in [0, 0.1) is 11.3 Å². The van der Waals surface area contributed by atoms with E-state index in [-0.39, 0.29) is 6.61 Å². The standard InChI is InChI=1S/C5H5N2O3/c1-2-10-5(8)4(3-6)7-9/h2H2,1H3. The molecule has 53 valence electrons. The lowest BCUT2D eigenvalue weighted by molar-refractivity contribution is -0.135. The molecule has 0 fully saturated rings. The predicted molar refractivity (Wildman–Crippen MR) is 30.4 cm³/mol. The Labute approximate surface area is 57.5 Å². The zero-order valence-corrected chi connectivity index (χ0v) is 5.33. The van der Waals surface area contributed by atoms with E-state index >= 15 is 0 Å². The molecule has 0 saturated heterocycles. The lowest BCUT2D eigenvalue weighted by atomic mass is 10.4. The van der Waals surface area contributed by atoms with E-state index in [1.807, 2.05) is 0 Å². The summed E-state index contributed by atoms with van der Waals surface area (Å²) in [6.45, 7) is 1.69. The van der Waals surface area contributed by atoms with E-state index in [2.05, 4.69) is 9.89 Å². The van der Waals surface area contributed by atoms with Crippen molar-refractivity contribution in [1.29, 1.82) is 5.26 Å². The summed E-state index contributed by atoms with van der Waals surface area (Å²) in [5.41, 5.74) is -0.748. The normalized spacial score (nSPS) is 10.2. The fourth-order valence-corrected chi connectivity index (χ4v) is 0.303. The molecule has 0 atom stereocenters. The zero-order chi connectivity index (χ0) is 7.98. The minimum Gasteiger partial charge on any atom is -0.461 e. The Morgan fingerprint density at radius 1 is 1.80 bits per heavy atom. The lowest BCUT2D eigenvalue weighted by Crippen LogP contribution is -2.15. The average molecular weight is 141 g/mol. The molecule has 0 rings (SSSR count). The van der Waals surface area contributed by atoms with Crippen LogP contribution in [0.3, 0.4) is 0 Å². The molecule has 0 aliphatic heterocycles. The minimum absolute atomic E-state index is 0.125. The van der Waals surface area contributed by atoms with Gasteiger partial charge in [-0.2, -0.15) is 5.26 Å². The van der Waals surface area contributed by atoms with Crippen molar-refractivity contribution in [2.75, 3.05) is 6.61 Å². The third-order valence-corrected chi connectivity index (χ3v) is 0.666. The van der Waals surface area contributed by atoms with Gasteiger partial charge < -0.3 is 4.74 Å². The number of carbonyl (C=O) groups is 1. The number of hydrogen-bond donors (Lipinski definition) is 0. The van der Waals surface area contributed by atoms with Crippen molar-refractivity contribution in [3.05, 3.63) is 0 Å². The van der Waals surface area contributed by atoms with E-state index in [1.165, 1.54) is 6.07 Å². The Hall–Kier alpha value is -1.57. The third-order valence-electron chi connectivity index (χ3n) is 0.666. The number of nitrogens with zero attached hydrogens (tertiary/aromatic N) is 2. The molecule has 0 amide bonds. The molecule has 10 heavy (non-hydrogen) atoms. The zero-order valence-electron chi connectivity index (χ0n) is 5.33. The monoisotopic (exact) mass is 141 g/mol.